The van der Waals surface area contributed by atoms with Gasteiger partial charge in [-0.05, 0) is 88.6 Å². The monoisotopic (exact) mass is 429 g/mol. The molecule has 2 nitrogen and oxygen atoms in total. The second-order valence-electron chi connectivity index (χ2n) is 7.61. The van der Waals surface area contributed by atoms with Gasteiger partial charge < -0.3 is 5.32 Å². The summed E-state index contributed by atoms with van der Waals surface area (Å²) in [6.45, 7) is 2.52. The van der Waals surface area contributed by atoms with Crippen LogP contribution >= 0.6 is 11.8 Å². The van der Waals surface area contributed by atoms with E-state index in [9.17, 15) is 9.18 Å². The Hall–Kier alpha value is -3.11. The Morgan fingerprint density at radius 2 is 1.81 bits per heavy atom. The van der Waals surface area contributed by atoms with Crippen molar-refractivity contribution in [1.82, 2.24) is 5.32 Å². The number of aryl methyl sites for hydroxylation is 1. The van der Waals surface area contributed by atoms with E-state index in [1.807, 2.05) is 37.3 Å². The molecule has 3 aromatic carbocycles. The molecule has 3 aromatic rings. The number of carbonyl (C=O) groups is 1. The van der Waals surface area contributed by atoms with Crippen LogP contribution in [0, 0.1) is 12.7 Å². The van der Waals surface area contributed by atoms with E-state index in [0.29, 0.717) is 6.54 Å². The zero-order valence-corrected chi connectivity index (χ0v) is 18.4. The van der Waals surface area contributed by atoms with E-state index >= 15 is 0 Å². The Balaban J connectivity index is 1.55. The fourth-order valence-electron chi connectivity index (χ4n) is 3.76. The third-order valence-corrected chi connectivity index (χ3v) is 6.24. The molecule has 0 saturated heterocycles. The molecule has 0 fully saturated rings. The van der Waals surface area contributed by atoms with E-state index in [0.717, 1.165) is 39.0 Å². The van der Waals surface area contributed by atoms with Crippen LogP contribution < -0.4 is 5.32 Å². The van der Waals surface area contributed by atoms with Crippen molar-refractivity contribution in [2.24, 2.45) is 0 Å². The molecule has 0 saturated carbocycles. The van der Waals surface area contributed by atoms with Crippen molar-refractivity contribution < 1.29 is 9.18 Å². The van der Waals surface area contributed by atoms with Gasteiger partial charge in [-0.15, -0.1) is 11.8 Å². The molecule has 0 bridgehead atoms. The Morgan fingerprint density at radius 1 is 1.03 bits per heavy atom. The Kier molecular flexibility index (Phi) is 6.38. The number of amides is 1. The molecule has 0 spiro atoms. The number of nitrogens with one attached hydrogen (secondary N) is 1. The lowest BCUT2D eigenvalue weighted by Gasteiger charge is -2.09. The summed E-state index contributed by atoms with van der Waals surface area (Å²) >= 11 is 1.70. The second kappa shape index (κ2) is 9.36. The van der Waals surface area contributed by atoms with Gasteiger partial charge in [-0.25, -0.2) is 4.39 Å². The predicted octanol–water partition coefficient (Wildman–Crippen LogP) is 6.50. The first kappa shape index (κ1) is 21.1. The second-order valence-corrected chi connectivity index (χ2v) is 8.49. The summed E-state index contributed by atoms with van der Waals surface area (Å²) in [5.41, 5.74) is 6.89. The molecule has 156 valence electrons. The van der Waals surface area contributed by atoms with E-state index in [-0.39, 0.29) is 18.1 Å². The third kappa shape index (κ3) is 4.97. The summed E-state index contributed by atoms with van der Waals surface area (Å²) in [5.74, 6) is -0.370. The maximum Gasteiger partial charge on any atom is 0.224 e. The minimum Gasteiger partial charge on any atom is -0.352 e. The number of allylic oxidation sites excluding steroid dienone is 2. The SMILES string of the molecule is CSc1ccc(/C=C2\C=C(CC(=O)NCc3ccccc3C)c3cc(F)ccc32)cc1. The molecule has 1 amide bonds. The van der Waals surface area contributed by atoms with Crippen molar-refractivity contribution >= 4 is 34.9 Å². The first-order chi connectivity index (χ1) is 15.0. The Labute approximate surface area is 186 Å². The van der Waals surface area contributed by atoms with Crippen LogP contribution in [-0.2, 0) is 11.3 Å². The first-order valence-electron chi connectivity index (χ1n) is 10.2. The molecule has 0 aromatic heterocycles. The van der Waals surface area contributed by atoms with E-state index < -0.39 is 0 Å². The summed E-state index contributed by atoms with van der Waals surface area (Å²) in [4.78, 5) is 13.9. The summed E-state index contributed by atoms with van der Waals surface area (Å²) in [6, 6.07) is 21.1. The minimum atomic E-state index is -0.296. The topological polar surface area (TPSA) is 29.1 Å². The highest BCUT2D eigenvalue weighted by molar-refractivity contribution is 7.98. The number of hydrogen-bond donors (Lipinski definition) is 1. The van der Waals surface area contributed by atoms with Crippen LogP contribution in [0.1, 0.15) is 34.2 Å². The maximum atomic E-state index is 14.0. The van der Waals surface area contributed by atoms with E-state index in [1.165, 1.54) is 17.0 Å². The maximum absolute atomic E-state index is 14.0. The van der Waals surface area contributed by atoms with Crippen LogP contribution in [0.2, 0.25) is 0 Å². The highest BCUT2D eigenvalue weighted by atomic mass is 32.2. The summed E-state index contributed by atoms with van der Waals surface area (Å²) in [7, 11) is 0. The zero-order valence-electron chi connectivity index (χ0n) is 17.6. The zero-order chi connectivity index (χ0) is 21.8. The lowest BCUT2D eigenvalue weighted by atomic mass is 10.0. The van der Waals surface area contributed by atoms with Crippen molar-refractivity contribution in [3.63, 3.8) is 0 Å². The smallest absolute Gasteiger partial charge is 0.224 e. The largest absolute Gasteiger partial charge is 0.352 e. The summed E-state index contributed by atoms with van der Waals surface area (Å²) in [5, 5.41) is 2.99. The number of benzene rings is 3. The normalized spacial score (nSPS) is 13.8. The van der Waals surface area contributed by atoms with Gasteiger partial charge >= 0.3 is 0 Å². The lowest BCUT2D eigenvalue weighted by Crippen LogP contribution is -2.23. The van der Waals surface area contributed by atoms with Crippen LogP contribution in [0.3, 0.4) is 0 Å². The minimum absolute atomic E-state index is 0.0738. The van der Waals surface area contributed by atoms with Gasteiger partial charge in [0.1, 0.15) is 5.82 Å². The van der Waals surface area contributed by atoms with E-state index in [4.69, 9.17) is 0 Å². The van der Waals surface area contributed by atoms with Crippen LogP contribution in [0.25, 0.3) is 17.2 Å². The standard InChI is InChI=1S/C27H24FNOS/c1-18-5-3-4-6-20(18)17-29-27(30)15-22-14-21(25-12-9-23(28)16-26(22)25)13-19-7-10-24(31-2)11-8-19/h3-14,16H,15,17H2,1-2H3,(H,29,30)/b21-13+. The first-order valence-corrected chi connectivity index (χ1v) is 11.4. The number of fused-ring (bicyclic) bond motifs is 1. The average molecular weight is 430 g/mol. The lowest BCUT2D eigenvalue weighted by molar-refractivity contribution is -0.120. The Bertz CT molecular complexity index is 1180. The van der Waals surface area contributed by atoms with Crippen LogP contribution in [0.5, 0.6) is 0 Å². The third-order valence-electron chi connectivity index (χ3n) is 5.49. The average Bonchev–Trinajstić information content (AvgIpc) is 3.09. The van der Waals surface area contributed by atoms with Crippen molar-refractivity contribution in [3.8, 4) is 0 Å². The Morgan fingerprint density at radius 3 is 2.55 bits per heavy atom. The number of halogens is 1. The number of hydrogen-bond acceptors (Lipinski definition) is 2. The van der Waals surface area contributed by atoms with Crippen LogP contribution in [-0.4, -0.2) is 12.2 Å². The van der Waals surface area contributed by atoms with Crippen molar-refractivity contribution in [1.29, 1.82) is 0 Å². The van der Waals surface area contributed by atoms with Gasteiger partial charge in [0.25, 0.3) is 0 Å². The summed E-state index contributed by atoms with van der Waals surface area (Å²) < 4.78 is 14.0. The highest BCUT2D eigenvalue weighted by Crippen LogP contribution is 2.38. The predicted molar refractivity (Wildman–Crippen MR) is 128 cm³/mol. The van der Waals surface area contributed by atoms with Crippen LogP contribution in [0.4, 0.5) is 4.39 Å². The van der Waals surface area contributed by atoms with Gasteiger partial charge in [0.15, 0.2) is 0 Å². The molecule has 31 heavy (non-hydrogen) atoms. The molecule has 0 unspecified atom stereocenters. The molecule has 1 aliphatic rings. The molecule has 1 aliphatic carbocycles. The number of rotatable bonds is 6. The van der Waals surface area contributed by atoms with Gasteiger partial charge in [0.05, 0.1) is 6.42 Å². The molecule has 1 N–H and O–H groups in total. The molecule has 0 atom stereocenters. The quantitative estimate of drug-likeness (QED) is 0.453. The molecule has 4 rings (SSSR count). The molecular weight excluding hydrogens is 405 g/mol. The molecule has 0 aliphatic heterocycles. The van der Waals surface area contributed by atoms with Gasteiger partial charge in [-0.2, -0.15) is 0 Å². The van der Waals surface area contributed by atoms with Crippen molar-refractivity contribution in [2.45, 2.75) is 24.8 Å². The molecule has 4 heteroatoms. The van der Waals surface area contributed by atoms with Gasteiger partial charge in [0, 0.05) is 11.4 Å². The number of carbonyl (C=O) groups excluding carboxylic acids is 1. The van der Waals surface area contributed by atoms with Crippen molar-refractivity contribution in [3.05, 3.63) is 106 Å². The van der Waals surface area contributed by atoms with Crippen molar-refractivity contribution in [2.75, 3.05) is 6.26 Å². The fraction of sp³-hybridized carbons (Fsp3) is 0.148. The van der Waals surface area contributed by atoms with Crippen LogP contribution in [0.15, 0.2) is 77.7 Å². The molecular formula is C27H24FNOS. The molecule has 0 radical (unpaired) electrons. The van der Waals surface area contributed by atoms with Gasteiger partial charge in [0.2, 0.25) is 5.91 Å². The summed E-state index contributed by atoms with van der Waals surface area (Å²) in [6.07, 6.45) is 6.35. The fourth-order valence-corrected chi connectivity index (χ4v) is 4.17. The highest BCUT2D eigenvalue weighted by Gasteiger charge is 2.21. The van der Waals surface area contributed by atoms with E-state index in [2.05, 4.69) is 41.9 Å². The van der Waals surface area contributed by atoms with Gasteiger partial charge in [-0.1, -0.05) is 42.5 Å². The number of thioether (sulfide) groups is 1. The molecule has 0 heterocycles. The van der Waals surface area contributed by atoms with E-state index in [1.54, 1.807) is 17.8 Å². The van der Waals surface area contributed by atoms with Gasteiger partial charge in [-0.3, -0.25) is 4.79 Å².